The standard InChI is InChI=1S/C20H25NO4/c1-24-17-15(18(21)23)6-5-12-10-13-4-3-8-19(16(12)17)11-14(22)7-9-20(13,19)25-2/h5-6,13H,3-4,7-11H2,1-2H3,(H2,21,23)/t13-,19-,20-/m1/s1. The van der Waals surface area contributed by atoms with Gasteiger partial charge in [-0.3, -0.25) is 9.59 Å². The Morgan fingerprint density at radius 2 is 2.08 bits per heavy atom. The van der Waals surface area contributed by atoms with Crippen molar-refractivity contribution in [3.8, 4) is 5.75 Å². The Hall–Kier alpha value is -1.88. The van der Waals surface area contributed by atoms with Crippen LogP contribution in [0, 0.1) is 5.92 Å². The minimum Gasteiger partial charge on any atom is -0.496 e. The summed E-state index contributed by atoms with van der Waals surface area (Å²) >= 11 is 0. The van der Waals surface area contributed by atoms with Crippen LogP contribution in [0.5, 0.6) is 5.75 Å². The van der Waals surface area contributed by atoms with Gasteiger partial charge in [0, 0.05) is 30.9 Å². The second-order valence-corrected chi connectivity index (χ2v) is 7.73. The highest BCUT2D eigenvalue weighted by Gasteiger charge is 2.64. The van der Waals surface area contributed by atoms with Gasteiger partial charge in [0.25, 0.3) is 5.91 Å². The van der Waals surface area contributed by atoms with Gasteiger partial charge in [-0.15, -0.1) is 0 Å². The first-order valence-corrected chi connectivity index (χ1v) is 9.06. The first-order chi connectivity index (χ1) is 12.0. The van der Waals surface area contributed by atoms with Gasteiger partial charge in [-0.25, -0.2) is 0 Å². The van der Waals surface area contributed by atoms with E-state index >= 15 is 0 Å². The zero-order chi connectivity index (χ0) is 17.8. The molecule has 0 aromatic heterocycles. The van der Waals surface area contributed by atoms with E-state index in [2.05, 4.69) is 0 Å². The topological polar surface area (TPSA) is 78.6 Å². The molecule has 2 N–H and O–H groups in total. The lowest BCUT2D eigenvalue weighted by Gasteiger charge is -2.62. The molecule has 3 aliphatic rings. The number of methoxy groups -OCH3 is 2. The van der Waals surface area contributed by atoms with Crippen molar-refractivity contribution in [3.05, 3.63) is 28.8 Å². The van der Waals surface area contributed by atoms with Crippen LogP contribution in [0.25, 0.3) is 0 Å². The molecule has 134 valence electrons. The lowest BCUT2D eigenvalue weighted by molar-refractivity contribution is -0.174. The molecule has 25 heavy (non-hydrogen) atoms. The van der Waals surface area contributed by atoms with Crippen molar-refractivity contribution >= 4 is 11.7 Å². The average Bonchev–Trinajstić information content (AvgIpc) is 2.59. The summed E-state index contributed by atoms with van der Waals surface area (Å²) in [5.74, 6) is 0.712. The van der Waals surface area contributed by atoms with E-state index in [0.29, 0.717) is 30.1 Å². The SMILES string of the molecule is COc1c(C(N)=O)ccc2c1[C@]13CCC[C@H](C2)[C@]1(OC)CCC(=O)C3. The number of ether oxygens (including phenoxy) is 2. The van der Waals surface area contributed by atoms with Crippen molar-refractivity contribution in [3.63, 3.8) is 0 Å². The predicted octanol–water partition coefficient (Wildman–Crippen LogP) is 2.53. The van der Waals surface area contributed by atoms with Crippen LogP contribution in [0.15, 0.2) is 12.1 Å². The summed E-state index contributed by atoms with van der Waals surface area (Å²) in [5.41, 5.74) is 7.39. The fourth-order valence-electron chi connectivity index (χ4n) is 6.06. The normalized spacial score (nSPS) is 33.4. The van der Waals surface area contributed by atoms with Gasteiger partial charge >= 0.3 is 0 Å². The molecule has 5 nitrogen and oxygen atoms in total. The van der Waals surface area contributed by atoms with Crippen molar-refractivity contribution in [1.29, 1.82) is 0 Å². The van der Waals surface area contributed by atoms with Crippen LogP contribution in [0.3, 0.4) is 0 Å². The van der Waals surface area contributed by atoms with E-state index < -0.39 is 11.3 Å². The summed E-state index contributed by atoms with van der Waals surface area (Å²) in [6.45, 7) is 0. The fourth-order valence-corrected chi connectivity index (χ4v) is 6.06. The van der Waals surface area contributed by atoms with Crippen LogP contribution < -0.4 is 10.5 Å². The number of rotatable bonds is 3. The Balaban J connectivity index is 2.05. The minimum absolute atomic E-state index is 0.271. The van der Waals surface area contributed by atoms with Gasteiger partial charge in [-0.05, 0) is 43.2 Å². The Bertz CT molecular complexity index is 758. The van der Waals surface area contributed by atoms with Gasteiger partial charge < -0.3 is 15.2 Å². The summed E-state index contributed by atoms with van der Waals surface area (Å²) in [7, 11) is 3.35. The molecule has 0 radical (unpaired) electrons. The lowest BCUT2D eigenvalue weighted by atomic mass is 9.45. The van der Waals surface area contributed by atoms with E-state index in [-0.39, 0.29) is 11.4 Å². The average molecular weight is 343 g/mol. The highest BCUT2D eigenvalue weighted by molar-refractivity contribution is 5.97. The van der Waals surface area contributed by atoms with Crippen molar-refractivity contribution in [1.82, 2.24) is 0 Å². The van der Waals surface area contributed by atoms with E-state index in [1.54, 1.807) is 20.3 Å². The molecule has 0 heterocycles. The molecule has 0 spiro atoms. The smallest absolute Gasteiger partial charge is 0.252 e. The molecule has 2 fully saturated rings. The van der Waals surface area contributed by atoms with Crippen LogP contribution in [-0.2, 0) is 21.4 Å². The molecule has 5 heteroatoms. The maximum absolute atomic E-state index is 12.5. The first-order valence-electron chi connectivity index (χ1n) is 9.06. The third kappa shape index (κ3) is 1.99. The molecule has 2 saturated carbocycles. The molecule has 4 rings (SSSR count). The second kappa shape index (κ2) is 5.56. The molecule has 0 saturated heterocycles. The molecule has 1 amide bonds. The number of ketones is 1. The van der Waals surface area contributed by atoms with E-state index in [4.69, 9.17) is 15.2 Å². The third-order valence-electron chi connectivity index (χ3n) is 6.92. The summed E-state index contributed by atoms with van der Waals surface area (Å²) in [4.78, 5) is 24.5. The second-order valence-electron chi connectivity index (χ2n) is 7.73. The van der Waals surface area contributed by atoms with Crippen LogP contribution in [0.2, 0.25) is 0 Å². The first kappa shape index (κ1) is 16.6. The predicted molar refractivity (Wildman–Crippen MR) is 92.8 cm³/mol. The molecule has 3 aliphatic carbocycles. The number of amides is 1. The van der Waals surface area contributed by atoms with E-state index in [1.165, 1.54) is 5.56 Å². The highest BCUT2D eigenvalue weighted by Crippen LogP contribution is 2.63. The number of hydrogen-bond acceptors (Lipinski definition) is 4. The number of nitrogens with two attached hydrogens (primary N) is 1. The summed E-state index contributed by atoms with van der Waals surface area (Å²) in [6, 6.07) is 3.76. The van der Waals surface area contributed by atoms with Gasteiger partial charge in [0.2, 0.25) is 0 Å². The summed E-state index contributed by atoms with van der Waals surface area (Å²) in [6.07, 6.45) is 5.73. The van der Waals surface area contributed by atoms with Gasteiger partial charge in [-0.1, -0.05) is 12.5 Å². The van der Waals surface area contributed by atoms with E-state index in [9.17, 15) is 9.59 Å². The number of benzene rings is 1. The molecule has 1 aromatic rings. The Morgan fingerprint density at radius 3 is 2.76 bits per heavy atom. The summed E-state index contributed by atoms with van der Waals surface area (Å²) < 4.78 is 11.9. The number of primary amides is 1. The highest BCUT2D eigenvalue weighted by atomic mass is 16.5. The van der Waals surface area contributed by atoms with Gasteiger partial charge in [0.05, 0.1) is 18.3 Å². The molecule has 0 unspecified atom stereocenters. The van der Waals surface area contributed by atoms with Crippen LogP contribution in [-0.4, -0.2) is 31.5 Å². The number of carbonyl (C=O) groups excluding carboxylic acids is 2. The van der Waals surface area contributed by atoms with Crippen molar-refractivity contribution in [2.75, 3.05) is 14.2 Å². The van der Waals surface area contributed by atoms with Gasteiger partial charge in [-0.2, -0.15) is 0 Å². The molecule has 2 bridgehead atoms. The maximum Gasteiger partial charge on any atom is 0.252 e. The molecule has 0 aliphatic heterocycles. The van der Waals surface area contributed by atoms with Gasteiger partial charge in [0.1, 0.15) is 11.5 Å². The Kier molecular flexibility index (Phi) is 3.69. The zero-order valence-electron chi connectivity index (χ0n) is 14.9. The monoisotopic (exact) mass is 343 g/mol. The van der Waals surface area contributed by atoms with Crippen LogP contribution in [0.1, 0.15) is 60.0 Å². The molecule has 1 aromatic carbocycles. The molecular weight excluding hydrogens is 318 g/mol. The third-order valence-corrected chi connectivity index (χ3v) is 6.92. The number of carbonyl (C=O) groups is 2. The largest absolute Gasteiger partial charge is 0.496 e. The fraction of sp³-hybridized carbons (Fsp3) is 0.600. The van der Waals surface area contributed by atoms with E-state index in [0.717, 1.165) is 37.7 Å². The van der Waals surface area contributed by atoms with Crippen molar-refractivity contribution in [2.45, 2.75) is 56.0 Å². The lowest BCUT2D eigenvalue weighted by Crippen LogP contribution is -2.65. The minimum atomic E-state index is -0.501. The Morgan fingerprint density at radius 1 is 1.28 bits per heavy atom. The summed E-state index contributed by atoms with van der Waals surface area (Å²) in [5, 5.41) is 0. The van der Waals surface area contributed by atoms with E-state index in [1.807, 2.05) is 6.07 Å². The van der Waals surface area contributed by atoms with Crippen molar-refractivity contribution in [2.24, 2.45) is 11.7 Å². The zero-order valence-corrected chi connectivity index (χ0v) is 14.9. The number of Topliss-reactive ketones (excluding diaryl/α,β-unsaturated/α-hetero) is 1. The van der Waals surface area contributed by atoms with Crippen LogP contribution in [0.4, 0.5) is 0 Å². The molecular formula is C20H25NO4. The maximum atomic E-state index is 12.5. The number of fused-ring (bicyclic) bond motifs is 1. The number of hydrogen-bond donors (Lipinski definition) is 1. The van der Waals surface area contributed by atoms with Gasteiger partial charge in [0.15, 0.2) is 0 Å². The quantitative estimate of drug-likeness (QED) is 0.915. The molecule has 3 atom stereocenters. The van der Waals surface area contributed by atoms with Crippen molar-refractivity contribution < 1.29 is 19.1 Å². The Labute approximate surface area is 147 Å². The van der Waals surface area contributed by atoms with Crippen LogP contribution >= 0.6 is 0 Å².